The Hall–Kier alpha value is -3.62. The number of nitrogens with zero attached hydrogens (tertiary/aromatic N) is 2. The molecular weight excluding hydrogens is 540 g/mol. The van der Waals surface area contributed by atoms with Crippen LogP contribution in [0.5, 0.6) is 0 Å². The maximum Gasteiger partial charge on any atom is 0.264 e. The second-order valence-corrected chi connectivity index (χ2v) is 14.4. The lowest BCUT2D eigenvalue weighted by molar-refractivity contribution is 0.461. The summed E-state index contributed by atoms with van der Waals surface area (Å²) < 4.78 is 57.9. The maximum absolute atomic E-state index is 13.7. The van der Waals surface area contributed by atoms with Gasteiger partial charge in [0.15, 0.2) is 0 Å². The molecule has 0 saturated carbocycles. The average Bonchev–Trinajstić information content (AvgIpc) is 2.96. The number of para-hydroxylation sites is 2. The van der Waals surface area contributed by atoms with Gasteiger partial charge in [-0.25, -0.2) is 16.8 Å². The van der Waals surface area contributed by atoms with Crippen LogP contribution in [0.1, 0.15) is 46.9 Å². The van der Waals surface area contributed by atoms with Crippen LogP contribution in [0.25, 0.3) is 0 Å². The van der Waals surface area contributed by atoms with E-state index < -0.39 is 20.0 Å². The van der Waals surface area contributed by atoms with Gasteiger partial charge in [0.2, 0.25) is 0 Å². The highest BCUT2D eigenvalue weighted by atomic mass is 32.2. The van der Waals surface area contributed by atoms with Crippen molar-refractivity contribution in [1.29, 1.82) is 0 Å². The van der Waals surface area contributed by atoms with Gasteiger partial charge in [-0.15, -0.1) is 0 Å². The zero-order valence-corrected chi connectivity index (χ0v) is 24.2. The molecule has 0 aromatic heterocycles. The number of hydrogen-bond donors (Lipinski definition) is 0. The smallest absolute Gasteiger partial charge is 0.264 e. The largest absolute Gasteiger partial charge is 0.266 e. The number of hydrogen-bond acceptors (Lipinski definition) is 4. The number of benzene rings is 4. The summed E-state index contributed by atoms with van der Waals surface area (Å²) in [7, 11) is -7.45. The summed E-state index contributed by atoms with van der Waals surface area (Å²) in [5.74, 6) is 0.122. The van der Waals surface area contributed by atoms with Crippen molar-refractivity contribution in [3.05, 3.63) is 119 Å². The minimum absolute atomic E-state index is 0.0612. The molecule has 0 radical (unpaired) electrons. The van der Waals surface area contributed by atoms with Crippen LogP contribution in [0.15, 0.2) is 107 Å². The van der Waals surface area contributed by atoms with Gasteiger partial charge in [0.25, 0.3) is 20.0 Å². The molecule has 6 rings (SSSR count). The molecule has 0 aliphatic carbocycles. The Morgan fingerprint density at radius 3 is 1.25 bits per heavy atom. The molecule has 0 N–H and O–H groups in total. The molecule has 0 saturated heterocycles. The van der Waals surface area contributed by atoms with E-state index in [0.29, 0.717) is 37.3 Å². The fourth-order valence-electron chi connectivity index (χ4n) is 6.13. The average molecular weight is 573 g/mol. The summed E-state index contributed by atoms with van der Waals surface area (Å²) in [5, 5.41) is 0. The summed E-state index contributed by atoms with van der Waals surface area (Å²) in [4.78, 5) is 0.567. The summed E-state index contributed by atoms with van der Waals surface area (Å²) in [6.45, 7) is 4.60. The number of sulfonamides is 2. The first-order valence-corrected chi connectivity index (χ1v) is 16.4. The van der Waals surface area contributed by atoms with Crippen LogP contribution < -0.4 is 8.61 Å². The van der Waals surface area contributed by atoms with Gasteiger partial charge >= 0.3 is 0 Å². The summed E-state index contributed by atoms with van der Waals surface area (Å²) in [5.41, 5.74) is 5.39. The first kappa shape index (κ1) is 26.6. The fourth-order valence-corrected chi connectivity index (χ4v) is 9.14. The van der Waals surface area contributed by atoms with E-state index >= 15 is 0 Å². The molecule has 4 aromatic carbocycles. The van der Waals surface area contributed by atoms with Gasteiger partial charge in [0.1, 0.15) is 0 Å². The summed E-state index contributed by atoms with van der Waals surface area (Å²) in [6, 6.07) is 29.4. The number of rotatable bonds is 5. The third-order valence-electron chi connectivity index (χ3n) is 8.20. The summed E-state index contributed by atoms with van der Waals surface area (Å²) in [6.07, 6.45) is 1.29. The van der Waals surface area contributed by atoms with Crippen LogP contribution in [0.3, 0.4) is 0 Å². The van der Waals surface area contributed by atoms with Crippen LogP contribution in [0.2, 0.25) is 0 Å². The van der Waals surface area contributed by atoms with Gasteiger partial charge in [-0.3, -0.25) is 8.61 Å². The molecular formula is C32H32N2O4S2. The molecule has 0 fully saturated rings. The van der Waals surface area contributed by atoms with Crippen molar-refractivity contribution in [2.45, 2.75) is 48.3 Å². The first-order chi connectivity index (χ1) is 19.2. The van der Waals surface area contributed by atoms with Gasteiger partial charge in [-0.05, 0) is 86.1 Å². The van der Waals surface area contributed by atoms with E-state index in [2.05, 4.69) is 0 Å². The Balaban J connectivity index is 1.37. The van der Waals surface area contributed by atoms with Crippen molar-refractivity contribution < 1.29 is 16.8 Å². The highest BCUT2D eigenvalue weighted by Crippen LogP contribution is 2.50. The molecule has 2 aliphatic heterocycles. The molecule has 206 valence electrons. The molecule has 6 nitrogen and oxygen atoms in total. The van der Waals surface area contributed by atoms with Gasteiger partial charge in [0.05, 0.1) is 21.2 Å². The molecule has 0 spiro atoms. The zero-order chi connectivity index (χ0) is 28.1. The van der Waals surface area contributed by atoms with Crippen LogP contribution in [-0.2, 0) is 20.0 Å². The SMILES string of the molecule is Cc1ccc(S(=O)(=O)N2CCC(C3CCN(S(=O)(=O)c4ccc(C)cc4)c4ccccc43)c3ccccc32)cc1. The van der Waals surface area contributed by atoms with E-state index in [-0.39, 0.29) is 21.6 Å². The minimum Gasteiger partial charge on any atom is -0.266 e. The van der Waals surface area contributed by atoms with E-state index in [1.165, 1.54) is 8.61 Å². The van der Waals surface area contributed by atoms with Crippen molar-refractivity contribution in [2.24, 2.45) is 0 Å². The minimum atomic E-state index is -3.72. The van der Waals surface area contributed by atoms with E-state index in [0.717, 1.165) is 22.3 Å². The Morgan fingerprint density at radius 2 is 0.875 bits per heavy atom. The van der Waals surface area contributed by atoms with E-state index in [4.69, 9.17) is 0 Å². The molecule has 0 amide bonds. The Morgan fingerprint density at radius 1 is 0.525 bits per heavy atom. The number of anilines is 2. The second-order valence-electron chi connectivity index (χ2n) is 10.7. The van der Waals surface area contributed by atoms with Crippen molar-refractivity contribution in [3.8, 4) is 0 Å². The molecule has 0 bridgehead atoms. The predicted octanol–water partition coefficient (Wildman–Crippen LogP) is 6.37. The van der Waals surface area contributed by atoms with Gasteiger partial charge in [0, 0.05) is 13.1 Å². The molecule has 2 unspecified atom stereocenters. The molecule has 4 aromatic rings. The normalized spacial score (nSPS) is 19.1. The predicted molar refractivity (Wildman–Crippen MR) is 159 cm³/mol. The lowest BCUT2D eigenvalue weighted by atomic mass is 9.74. The topological polar surface area (TPSA) is 74.8 Å². The van der Waals surface area contributed by atoms with E-state index in [9.17, 15) is 16.8 Å². The molecule has 40 heavy (non-hydrogen) atoms. The first-order valence-electron chi connectivity index (χ1n) is 13.5. The van der Waals surface area contributed by atoms with Crippen LogP contribution >= 0.6 is 0 Å². The highest BCUT2D eigenvalue weighted by molar-refractivity contribution is 7.93. The van der Waals surface area contributed by atoms with Crippen molar-refractivity contribution in [1.82, 2.24) is 0 Å². The third-order valence-corrected chi connectivity index (χ3v) is 11.9. The van der Waals surface area contributed by atoms with Gasteiger partial charge in [-0.1, -0.05) is 71.8 Å². The lowest BCUT2D eigenvalue weighted by Gasteiger charge is -2.42. The van der Waals surface area contributed by atoms with Crippen LogP contribution in [-0.4, -0.2) is 29.9 Å². The number of aryl methyl sites for hydroxylation is 2. The Labute approximate surface area is 237 Å². The molecule has 2 heterocycles. The maximum atomic E-state index is 13.7. The second kappa shape index (κ2) is 10.1. The highest BCUT2D eigenvalue weighted by Gasteiger charge is 2.41. The fraction of sp³-hybridized carbons (Fsp3) is 0.250. The van der Waals surface area contributed by atoms with E-state index in [1.807, 2.05) is 86.6 Å². The van der Waals surface area contributed by atoms with Crippen molar-refractivity contribution >= 4 is 31.4 Å². The molecule has 2 aliphatic rings. The lowest BCUT2D eigenvalue weighted by Crippen LogP contribution is -2.40. The van der Waals surface area contributed by atoms with E-state index in [1.54, 1.807) is 24.3 Å². The summed E-state index contributed by atoms with van der Waals surface area (Å²) >= 11 is 0. The van der Waals surface area contributed by atoms with Crippen LogP contribution in [0, 0.1) is 13.8 Å². The third kappa shape index (κ3) is 4.49. The Kier molecular flexibility index (Phi) is 6.71. The standard InChI is InChI=1S/C32H32N2O4S2/c1-23-11-15-25(16-12-23)39(35,36)33-21-19-27(29-7-3-5-9-31(29)33)28-20-22-34(32-10-6-4-8-30(28)32)40(37,38)26-17-13-24(2)14-18-26/h3-18,27-28H,19-22H2,1-2H3. The van der Waals surface area contributed by atoms with Crippen LogP contribution in [0.4, 0.5) is 11.4 Å². The zero-order valence-electron chi connectivity index (χ0n) is 22.6. The molecule has 2 atom stereocenters. The van der Waals surface area contributed by atoms with Crippen molar-refractivity contribution in [3.63, 3.8) is 0 Å². The molecule has 8 heteroatoms. The quantitative estimate of drug-likeness (QED) is 0.279. The van der Waals surface area contributed by atoms with Gasteiger partial charge in [-0.2, -0.15) is 0 Å². The Bertz CT molecular complexity index is 1630. The van der Waals surface area contributed by atoms with Gasteiger partial charge < -0.3 is 0 Å². The van der Waals surface area contributed by atoms with Crippen molar-refractivity contribution in [2.75, 3.05) is 21.7 Å². The number of fused-ring (bicyclic) bond motifs is 2. The monoisotopic (exact) mass is 572 g/mol.